The highest BCUT2D eigenvalue weighted by atomic mass is 32.1. The Labute approximate surface area is 112 Å². The number of thiazole rings is 1. The van der Waals surface area contributed by atoms with Crippen molar-refractivity contribution in [2.24, 2.45) is 7.05 Å². The number of nitrogens with one attached hydrogen (secondary N) is 1. The average Bonchev–Trinajstić information content (AvgIpc) is 2.93. The van der Waals surface area contributed by atoms with E-state index in [1.165, 1.54) is 17.0 Å². The molecule has 18 heavy (non-hydrogen) atoms. The van der Waals surface area contributed by atoms with E-state index in [0.29, 0.717) is 5.92 Å². The zero-order valence-corrected chi connectivity index (χ0v) is 12.0. The lowest BCUT2D eigenvalue weighted by molar-refractivity contribution is 0.669. The fourth-order valence-corrected chi connectivity index (χ4v) is 2.57. The molecule has 0 saturated carbocycles. The van der Waals surface area contributed by atoms with Crippen LogP contribution in [-0.2, 0) is 20.0 Å². The van der Waals surface area contributed by atoms with E-state index >= 15 is 0 Å². The topological polar surface area (TPSA) is 42.7 Å². The summed E-state index contributed by atoms with van der Waals surface area (Å²) in [4.78, 5) is 4.27. The molecule has 0 saturated heterocycles. The monoisotopic (exact) mass is 264 g/mol. The fraction of sp³-hybridized carbons (Fsp3) is 0.538. The van der Waals surface area contributed by atoms with Crippen LogP contribution in [-0.4, -0.2) is 21.3 Å². The molecule has 2 aromatic rings. The predicted octanol–water partition coefficient (Wildman–Crippen LogP) is 2.33. The minimum absolute atomic E-state index is 0.474. The van der Waals surface area contributed by atoms with Crippen LogP contribution in [0.25, 0.3) is 0 Å². The summed E-state index contributed by atoms with van der Waals surface area (Å²) in [5.41, 5.74) is 5.54. The Balaban J connectivity index is 1.83. The Kier molecular flexibility index (Phi) is 4.49. The van der Waals surface area contributed by atoms with Gasteiger partial charge in [0.15, 0.2) is 0 Å². The number of hydrogen-bond acceptors (Lipinski definition) is 4. The summed E-state index contributed by atoms with van der Waals surface area (Å²) in [7, 11) is 1.98. The molecule has 0 spiro atoms. The highest BCUT2D eigenvalue weighted by molar-refractivity contribution is 7.07. The molecule has 0 aliphatic heterocycles. The van der Waals surface area contributed by atoms with Crippen molar-refractivity contribution in [3.8, 4) is 0 Å². The SMILES string of the molecule is CC(C)c1nn(C)cc1CNCCc1cscn1. The lowest BCUT2D eigenvalue weighted by atomic mass is 10.1. The maximum Gasteiger partial charge on any atom is 0.0794 e. The molecule has 5 heteroatoms. The molecule has 98 valence electrons. The maximum absolute atomic E-state index is 4.50. The van der Waals surface area contributed by atoms with Crippen LogP contribution < -0.4 is 5.32 Å². The first-order valence-corrected chi connectivity index (χ1v) is 7.21. The fourth-order valence-electron chi connectivity index (χ4n) is 1.98. The average molecular weight is 264 g/mol. The molecule has 0 unspecified atom stereocenters. The summed E-state index contributed by atoms with van der Waals surface area (Å²) in [6.07, 6.45) is 3.09. The predicted molar refractivity (Wildman–Crippen MR) is 74.8 cm³/mol. The Morgan fingerprint density at radius 3 is 2.94 bits per heavy atom. The Hall–Kier alpha value is -1.20. The summed E-state index contributed by atoms with van der Waals surface area (Å²) >= 11 is 1.65. The van der Waals surface area contributed by atoms with Gasteiger partial charge in [-0.05, 0) is 5.92 Å². The summed E-state index contributed by atoms with van der Waals surface area (Å²) in [5.74, 6) is 0.474. The zero-order valence-electron chi connectivity index (χ0n) is 11.2. The maximum atomic E-state index is 4.50. The standard InChI is InChI=1S/C13H20N4S/c1-10(2)13-11(7-17(3)16-13)6-14-5-4-12-8-18-9-15-12/h7-10,14H,4-6H2,1-3H3. The molecule has 0 amide bonds. The van der Waals surface area contributed by atoms with Crippen molar-refractivity contribution >= 4 is 11.3 Å². The van der Waals surface area contributed by atoms with Crippen LogP contribution in [0.2, 0.25) is 0 Å². The molecular weight excluding hydrogens is 244 g/mol. The molecule has 1 N–H and O–H groups in total. The molecular formula is C13H20N4S. The van der Waals surface area contributed by atoms with Crippen molar-refractivity contribution in [3.05, 3.63) is 34.0 Å². The van der Waals surface area contributed by atoms with Crippen LogP contribution in [0.15, 0.2) is 17.1 Å². The largest absolute Gasteiger partial charge is 0.312 e. The first-order chi connectivity index (χ1) is 8.66. The minimum Gasteiger partial charge on any atom is -0.312 e. The van der Waals surface area contributed by atoms with E-state index in [9.17, 15) is 0 Å². The molecule has 0 aromatic carbocycles. The van der Waals surface area contributed by atoms with Crippen molar-refractivity contribution < 1.29 is 0 Å². The van der Waals surface area contributed by atoms with Gasteiger partial charge in [0.2, 0.25) is 0 Å². The highest BCUT2D eigenvalue weighted by Gasteiger charge is 2.10. The first kappa shape index (κ1) is 13.2. The third kappa shape index (κ3) is 3.40. The molecule has 4 nitrogen and oxygen atoms in total. The van der Waals surface area contributed by atoms with E-state index < -0.39 is 0 Å². The second kappa shape index (κ2) is 6.11. The van der Waals surface area contributed by atoms with Crippen molar-refractivity contribution in [1.82, 2.24) is 20.1 Å². The van der Waals surface area contributed by atoms with E-state index in [1.54, 1.807) is 11.3 Å². The van der Waals surface area contributed by atoms with Gasteiger partial charge >= 0.3 is 0 Å². The van der Waals surface area contributed by atoms with Gasteiger partial charge in [-0.1, -0.05) is 13.8 Å². The summed E-state index contributed by atoms with van der Waals surface area (Å²) < 4.78 is 1.90. The minimum atomic E-state index is 0.474. The quantitative estimate of drug-likeness (QED) is 0.814. The van der Waals surface area contributed by atoms with E-state index in [1.807, 2.05) is 17.2 Å². The van der Waals surface area contributed by atoms with Gasteiger partial charge < -0.3 is 5.32 Å². The number of nitrogens with zero attached hydrogens (tertiary/aromatic N) is 3. The van der Waals surface area contributed by atoms with Crippen LogP contribution in [0, 0.1) is 0 Å². The van der Waals surface area contributed by atoms with Gasteiger partial charge in [-0.25, -0.2) is 4.98 Å². The van der Waals surface area contributed by atoms with Gasteiger partial charge in [-0.15, -0.1) is 11.3 Å². The van der Waals surface area contributed by atoms with Gasteiger partial charge in [0, 0.05) is 43.7 Å². The van der Waals surface area contributed by atoms with Crippen LogP contribution >= 0.6 is 11.3 Å². The molecule has 2 aromatic heterocycles. The molecule has 2 heterocycles. The normalized spacial score (nSPS) is 11.3. The lowest BCUT2D eigenvalue weighted by Gasteiger charge is -2.06. The number of rotatable bonds is 6. The van der Waals surface area contributed by atoms with E-state index in [2.05, 4.69) is 40.8 Å². The summed E-state index contributed by atoms with van der Waals surface area (Å²) in [6, 6.07) is 0. The summed E-state index contributed by atoms with van der Waals surface area (Å²) in [6.45, 7) is 6.20. The second-order valence-electron chi connectivity index (χ2n) is 4.77. The number of aromatic nitrogens is 3. The van der Waals surface area contributed by atoms with Crippen LogP contribution in [0.1, 0.15) is 36.7 Å². The van der Waals surface area contributed by atoms with Crippen LogP contribution in [0.3, 0.4) is 0 Å². The molecule has 0 atom stereocenters. The van der Waals surface area contributed by atoms with Gasteiger partial charge in [0.25, 0.3) is 0 Å². The van der Waals surface area contributed by atoms with Crippen molar-refractivity contribution in [1.29, 1.82) is 0 Å². The molecule has 0 fully saturated rings. The van der Waals surface area contributed by atoms with E-state index in [-0.39, 0.29) is 0 Å². The van der Waals surface area contributed by atoms with Crippen molar-refractivity contribution in [3.63, 3.8) is 0 Å². The highest BCUT2D eigenvalue weighted by Crippen LogP contribution is 2.16. The van der Waals surface area contributed by atoms with Crippen molar-refractivity contribution in [2.45, 2.75) is 32.7 Å². The molecule has 2 rings (SSSR count). The molecule has 0 aliphatic rings. The van der Waals surface area contributed by atoms with Gasteiger partial charge in [0.05, 0.1) is 16.9 Å². The lowest BCUT2D eigenvalue weighted by Crippen LogP contribution is -2.17. The van der Waals surface area contributed by atoms with E-state index in [4.69, 9.17) is 0 Å². The summed E-state index contributed by atoms with van der Waals surface area (Å²) in [5, 5.41) is 10.1. The second-order valence-corrected chi connectivity index (χ2v) is 5.49. The molecule has 0 radical (unpaired) electrons. The Morgan fingerprint density at radius 1 is 1.44 bits per heavy atom. The number of aryl methyl sites for hydroxylation is 1. The first-order valence-electron chi connectivity index (χ1n) is 6.27. The smallest absolute Gasteiger partial charge is 0.0794 e. The van der Waals surface area contributed by atoms with E-state index in [0.717, 1.165) is 19.5 Å². The van der Waals surface area contributed by atoms with Gasteiger partial charge in [0.1, 0.15) is 0 Å². The zero-order chi connectivity index (χ0) is 13.0. The number of hydrogen-bond donors (Lipinski definition) is 1. The van der Waals surface area contributed by atoms with Gasteiger partial charge in [-0.3, -0.25) is 4.68 Å². The van der Waals surface area contributed by atoms with Gasteiger partial charge in [-0.2, -0.15) is 5.10 Å². The third-order valence-corrected chi connectivity index (χ3v) is 3.48. The molecule has 0 bridgehead atoms. The molecule has 0 aliphatic carbocycles. The Bertz CT molecular complexity index is 473. The Morgan fingerprint density at radius 2 is 2.28 bits per heavy atom. The van der Waals surface area contributed by atoms with Crippen molar-refractivity contribution in [2.75, 3.05) is 6.54 Å². The van der Waals surface area contributed by atoms with Crippen LogP contribution in [0.5, 0.6) is 0 Å². The third-order valence-electron chi connectivity index (χ3n) is 2.84. The van der Waals surface area contributed by atoms with Crippen LogP contribution in [0.4, 0.5) is 0 Å².